The van der Waals surface area contributed by atoms with Crippen molar-refractivity contribution in [3.05, 3.63) is 71.8 Å². The number of ether oxygens (including phenoxy) is 1. The third kappa shape index (κ3) is 2.46. The number of aliphatic imine (C=N–C) groups is 1. The van der Waals surface area contributed by atoms with Gasteiger partial charge in [0.25, 0.3) is 0 Å². The zero-order chi connectivity index (χ0) is 13.9. The lowest BCUT2D eigenvalue weighted by Crippen LogP contribution is -2.32. The average Bonchev–Trinajstić information content (AvgIpc) is 2.51. The molecule has 0 amide bonds. The van der Waals surface area contributed by atoms with E-state index in [9.17, 15) is 0 Å². The second-order valence-electron chi connectivity index (χ2n) is 5.34. The van der Waals surface area contributed by atoms with Gasteiger partial charge in [0.15, 0.2) is 0 Å². The zero-order valence-corrected chi connectivity index (χ0v) is 11.9. The predicted molar refractivity (Wildman–Crippen MR) is 81.9 cm³/mol. The fourth-order valence-electron chi connectivity index (χ4n) is 2.57. The molecule has 0 N–H and O–H groups in total. The van der Waals surface area contributed by atoms with Gasteiger partial charge in [0.2, 0.25) is 5.90 Å². The molecule has 0 spiro atoms. The molecule has 0 saturated heterocycles. The van der Waals surface area contributed by atoms with Crippen LogP contribution in [0.2, 0.25) is 0 Å². The van der Waals surface area contributed by atoms with Crippen molar-refractivity contribution in [2.45, 2.75) is 26.0 Å². The van der Waals surface area contributed by atoms with E-state index < -0.39 is 0 Å². The molecule has 0 radical (unpaired) electrons. The second kappa shape index (κ2) is 5.49. The molecule has 2 aromatic carbocycles. The Labute approximate surface area is 120 Å². The standard InChI is InChI=1S/C18H19NO/c1-13-14(2)20-18(16-11-7-4-8-12-16)19-17(13)15-9-5-3-6-10-15/h3-14,17H,1-2H3/t13-,14-,17-/m1/s1. The first-order valence-electron chi connectivity index (χ1n) is 7.10. The molecule has 0 fully saturated rings. The number of nitrogens with zero attached hydrogens (tertiary/aromatic N) is 1. The van der Waals surface area contributed by atoms with E-state index in [4.69, 9.17) is 9.73 Å². The topological polar surface area (TPSA) is 21.6 Å². The average molecular weight is 265 g/mol. The summed E-state index contributed by atoms with van der Waals surface area (Å²) in [4.78, 5) is 4.85. The highest BCUT2D eigenvalue weighted by Crippen LogP contribution is 2.34. The van der Waals surface area contributed by atoms with Gasteiger partial charge in [0.1, 0.15) is 6.10 Å². The van der Waals surface area contributed by atoms with Crippen LogP contribution in [0.5, 0.6) is 0 Å². The van der Waals surface area contributed by atoms with Crippen molar-refractivity contribution in [2.75, 3.05) is 0 Å². The Kier molecular flexibility index (Phi) is 3.55. The molecule has 2 heteroatoms. The number of benzene rings is 2. The van der Waals surface area contributed by atoms with Gasteiger partial charge in [-0.3, -0.25) is 0 Å². The number of rotatable bonds is 2. The SMILES string of the molecule is C[C@@H]1[C@@H](C)OC(c2ccccc2)=N[C@H]1c1ccccc1. The number of hydrogen-bond donors (Lipinski definition) is 0. The van der Waals surface area contributed by atoms with Crippen molar-refractivity contribution in [1.82, 2.24) is 0 Å². The minimum absolute atomic E-state index is 0.160. The molecule has 20 heavy (non-hydrogen) atoms. The van der Waals surface area contributed by atoms with Crippen molar-refractivity contribution in [1.29, 1.82) is 0 Å². The Morgan fingerprint density at radius 1 is 0.850 bits per heavy atom. The monoisotopic (exact) mass is 265 g/mol. The minimum atomic E-state index is 0.160. The molecule has 2 aromatic rings. The molecular formula is C18H19NO. The van der Waals surface area contributed by atoms with Crippen molar-refractivity contribution >= 4 is 5.90 Å². The van der Waals surface area contributed by atoms with Crippen LogP contribution in [-0.4, -0.2) is 12.0 Å². The van der Waals surface area contributed by atoms with Gasteiger partial charge in [-0.15, -0.1) is 0 Å². The number of hydrogen-bond acceptors (Lipinski definition) is 2. The van der Waals surface area contributed by atoms with E-state index in [-0.39, 0.29) is 12.1 Å². The molecule has 0 aromatic heterocycles. The zero-order valence-electron chi connectivity index (χ0n) is 11.9. The summed E-state index contributed by atoms with van der Waals surface area (Å²) in [5.74, 6) is 1.12. The lowest BCUT2D eigenvalue weighted by molar-refractivity contribution is 0.112. The van der Waals surface area contributed by atoms with Crippen LogP contribution in [0.25, 0.3) is 0 Å². The molecule has 0 aliphatic carbocycles. The van der Waals surface area contributed by atoms with E-state index in [1.54, 1.807) is 0 Å². The molecular weight excluding hydrogens is 246 g/mol. The molecule has 3 atom stereocenters. The van der Waals surface area contributed by atoms with Crippen LogP contribution in [0.3, 0.4) is 0 Å². The third-order valence-electron chi connectivity index (χ3n) is 3.95. The van der Waals surface area contributed by atoms with E-state index in [0.29, 0.717) is 5.92 Å². The van der Waals surface area contributed by atoms with Crippen LogP contribution >= 0.6 is 0 Å². The van der Waals surface area contributed by atoms with E-state index in [1.165, 1.54) is 5.56 Å². The van der Waals surface area contributed by atoms with Gasteiger partial charge in [-0.25, -0.2) is 4.99 Å². The van der Waals surface area contributed by atoms with Crippen molar-refractivity contribution < 1.29 is 4.74 Å². The summed E-state index contributed by atoms with van der Waals surface area (Å²) < 4.78 is 5.99. The van der Waals surface area contributed by atoms with Crippen LogP contribution in [0.15, 0.2) is 65.7 Å². The first-order valence-corrected chi connectivity index (χ1v) is 7.10. The maximum Gasteiger partial charge on any atom is 0.216 e. The molecule has 1 aliphatic heterocycles. The van der Waals surface area contributed by atoms with Crippen LogP contribution in [-0.2, 0) is 4.74 Å². The summed E-state index contributed by atoms with van der Waals surface area (Å²) in [6.45, 7) is 4.33. The Morgan fingerprint density at radius 2 is 1.45 bits per heavy atom. The lowest BCUT2D eigenvalue weighted by atomic mass is 9.90. The Bertz CT molecular complexity index is 591. The third-order valence-corrected chi connectivity index (χ3v) is 3.95. The van der Waals surface area contributed by atoms with Crippen molar-refractivity contribution in [2.24, 2.45) is 10.9 Å². The predicted octanol–water partition coefficient (Wildman–Crippen LogP) is 4.23. The van der Waals surface area contributed by atoms with Gasteiger partial charge < -0.3 is 4.74 Å². The van der Waals surface area contributed by atoms with E-state index in [1.807, 2.05) is 36.4 Å². The maximum absolute atomic E-state index is 5.99. The molecule has 0 unspecified atom stereocenters. The summed E-state index contributed by atoms with van der Waals surface area (Å²) in [5.41, 5.74) is 2.30. The van der Waals surface area contributed by atoms with E-state index in [2.05, 4.69) is 38.1 Å². The van der Waals surface area contributed by atoms with E-state index >= 15 is 0 Å². The maximum atomic E-state index is 5.99. The smallest absolute Gasteiger partial charge is 0.216 e. The largest absolute Gasteiger partial charge is 0.474 e. The second-order valence-corrected chi connectivity index (χ2v) is 5.34. The van der Waals surface area contributed by atoms with Crippen LogP contribution in [0.4, 0.5) is 0 Å². The molecule has 3 rings (SSSR count). The summed E-state index contributed by atoms with van der Waals surface area (Å²) in [7, 11) is 0. The highest BCUT2D eigenvalue weighted by molar-refractivity contribution is 5.94. The quantitative estimate of drug-likeness (QED) is 0.796. The molecule has 1 heterocycles. The highest BCUT2D eigenvalue weighted by Gasteiger charge is 2.31. The normalized spacial score (nSPS) is 25.7. The fraction of sp³-hybridized carbons (Fsp3) is 0.278. The van der Waals surface area contributed by atoms with Crippen LogP contribution < -0.4 is 0 Å². The van der Waals surface area contributed by atoms with Gasteiger partial charge >= 0.3 is 0 Å². The first kappa shape index (κ1) is 12.9. The Hall–Kier alpha value is -2.09. The Balaban J connectivity index is 2.00. The molecule has 2 nitrogen and oxygen atoms in total. The van der Waals surface area contributed by atoms with Gasteiger partial charge in [-0.1, -0.05) is 55.5 Å². The summed E-state index contributed by atoms with van der Waals surface area (Å²) in [6.07, 6.45) is 0.160. The molecule has 0 saturated carbocycles. The summed E-state index contributed by atoms with van der Waals surface area (Å²) >= 11 is 0. The molecule has 0 bridgehead atoms. The molecule has 1 aliphatic rings. The fourth-order valence-corrected chi connectivity index (χ4v) is 2.57. The van der Waals surface area contributed by atoms with E-state index in [0.717, 1.165) is 11.5 Å². The van der Waals surface area contributed by atoms with Gasteiger partial charge in [0, 0.05) is 11.5 Å². The van der Waals surface area contributed by atoms with Crippen LogP contribution in [0.1, 0.15) is 31.0 Å². The summed E-state index contributed by atoms with van der Waals surface area (Å²) in [5, 5.41) is 0. The molecule has 102 valence electrons. The lowest BCUT2D eigenvalue weighted by Gasteiger charge is -2.33. The van der Waals surface area contributed by atoms with Gasteiger partial charge in [0.05, 0.1) is 6.04 Å². The van der Waals surface area contributed by atoms with Crippen molar-refractivity contribution in [3.8, 4) is 0 Å². The van der Waals surface area contributed by atoms with Crippen LogP contribution in [0, 0.1) is 5.92 Å². The van der Waals surface area contributed by atoms with Gasteiger partial charge in [-0.05, 0) is 24.6 Å². The van der Waals surface area contributed by atoms with Gasteiger partial charge in [-0.2, -0.15) is 0 Å². The Morgan fingerprint density at radius 3 is 2.10 bits per heavy atom. The van der Waals surface area contributed by atoms with Crippen molar-refractivity contribution in [3.63, 3.8) is 0 Å². The highest BCUT2D eigenvalue weighted by atomic mass is 16.5. The summed E-state index contributed by atoms with van der Waals surface area (Å²) in [6, 6.07) is 20.8. The first-order chi connectivity index (χ1) is 9.75. The minimum Gasteiger partial charge on any atom is -0.474 e.